The first-order valence-corrected chi connectivity index (χ1v) is 8.24. The fourth-order valence-corrected chi connectivity index (χ4v) is 2.35. The van der Waals surface area contributed by atoms with Crippen molar-refractivity contribution >= 4 is 11.6 Å². The maximum atomic E-state index is 6.15. The molecule has 2 N–H and O–H groups in total. The van der Waals surface area contributed by atoms with Gasteiger partial charge in [0.05, 0.1) is 19.7 Å². The molecule has 0 heterocycles. The lowest BCUT2D eigenvalue weighted by atomic mass is 10.1. The highest BCUT2D eigenvalue weighted by Gasteiger charge is 2.03. The molecule has 0 radical (unpaired) electrons. The summed E-state index contributed by atoms with van der Waals surface area (Å²) in [7, 11) is 0. The average Bonchev–Trinajstić information content (AvgIpc) is 2.43. The summed E-state index contributed by atoms with van der Waals surface area (Å²) in [6, 6.07) is 4.04. The van der Waals surface area contributed by atoms with Crippen LogP contribution in [0.1, 0.15) is 50.2 Å². The molecule has 0 aliphatic rings. The van der Waals surface area contributed by atoms with Gasteiger partial charge in [-0.05, 0) is 62.8 Å². The number of quaternary nitrogens is 1. The van der Waals surface area contributed by atoms with Gasteiger partial charge in [-0.3, -0.25) is 0 Å². The number of rotatable bonds is 10. The third kappa shape index (κ3) is 6.62. The van der Waals surface area contributed by atoms with E-state index in [1.54, 1.807) is 0 Å². The largest absolute Gasteiger partial charge is 0.494 e. The molecule has 0 amide bonds. The van der Waals surface area contributed by atoms with E-state index in [1.807, 2.05) is 26.0 Å². The quantitative estimate of drug-likeness (QED) is 0.652. The number of hydrogen-bond donors (Lipinski definition) is 1. The molecule has 0 saturated carbocycles. The molecule has 0 aromatic heterocycles. The molecule has 114 valence electrons. The van der Waals surface area contributed by atoms with E-state index < -0.39 is 0 Å². The second-order valence-corrected chi connectivity index (χ2v) is 5.88. The Morgan fingerprint density at radius 1 is 1.00 bits per heavy atom. The van der Waals surface area contributed by atoms with E-state index in [2.05, 4.69) is 12.2 Å². The number of halogens is 1. The molecule has 0 atom stereocenters. The Bertz CT molecular complexity index is 370. The van der Waals surface area contributed by atoms with Gasteiger partial charge in [0.1, 0.15) is 5.75 Å². The van der Waals surface area contributed by atoms with Gasteiger partial charge in [0.2, 0.25) is 0 Å². The summed E-state index contributed by atoms with van der Waals surface area (Å²) in [5, 5.41) is 3.27. The average molecular weight is 299 g/mol. The molecular weight excluding hydrogens is 270 g/mol. The first-order valence-electron chi connectivity index (χ1n) is 7.86. The molecule has 0 aliphatic carbocycles. The second-order valence-electron chi connectivity index (χ2n) is 5.50. The van der Waals surface area contributed by atoms with Crippen molar-refractivity contribution in [3.8, 4) is 5.75 Å². The molecule has 3 heteroatoms. The van der Waals surface area contributed by atoms with Gasteiger partial charge in [0, 0.05) is 5.02 Å². The van der Waals surface area contributed by atoms with Crippen molar-refractivity contribution in [2.75, 3.05) is 19.7 Å². The molecular formula is C17H29ClNO+. The van der Waals surface area contributed by atoms with E-state index >= 15 is 0 Å². The number of nitrogens with two attached hydrogens (primary N) is 1. The van der Waals surface area contributed by atoms with Gasteiger partial charge in [-0.1, -0.05) is 24.9 Å². The summed E-state index contributed by atoms with van der Waals surface area (Å²) >= 11 is 6.15. The van der Waals surface area contributed by atoms with E-state index in [9.17, 15) is 0 Å². The van der Waals surface area contributed by atoms with Gasteiger partial charge in [-0.15, -0.1) is 0 Å². The highest BCUT2D eigenvalue weighted by Crippen LogP contribution is 2.25. The van der Waals surface area contributed by atoms with Crippen molar-refractivity contribution in [2.24, 2.45) is 0 Å². The Labute approximate surface area is 128 Å². The molecule has 0 unspecified atom stereocenters. The Kier molecular flexibility index (Phi) is 8.72. The third-order valence-corrected chi connectivity index (χ3v) is 4.09. The predicted octanol–water partition coefficient (Wildman–Crippen LogP) is 3.87. The van der Waals surface area contributed by atoms with Gasteiger partial charge in [0.15, 0.2) is 0 Å². The number of ether oxygens (including phenoxy) is 1. The molecule has 0 aliphatic heterocycles. The van der Waals surface area contributed by atoms with Crippen molar-refractivity contribution in [1.29, 1.82) is 0 Å². The minimum Gasteiger partial charge on any atom is -0.494 e. The van der Waals surface area contributed by atoms with Crippen LogP contribution in [0.2, 0.25) is 5.02 Å². The maximum Gasteiger partial charge on any atom is 0.119 e. The zero-order valence-electron chi connectivity index (χ0n) is 13.2. The summed E-state index contributed by atoms with van der Waals surface area (Å²) in [5.74, 6) is 0.943. The summed E-state index contributed by atoms with van der Waals surface area (Å²) in [6.45, 7) is 9.61. The lowest BCUT2D eigenvalue weighted by Crippen LogP contribution is -2.84. The van der Waals surface area contributed by atoms with Gasteiger partial charge < -0.3 is 10.1 Å². The molecule has 1 rings (SSSR count). The summed E-state index contributed by atoms with van der Waals surface area (Å²) in [5.41, 5.74) is 2.18. The lowest BCUT2D eigenvalue weighted by Gasteiger charge is -2.09. The zero-order chi connectivity index (χ0) is 14.8. The summed E-state index contributed by atoms with van der Waals surface area (Å²) in [6.07, 6.45) is 6.28. The normalized spacial score (nSPS) is 10.8. The van der Waals surface area contributed by atoms with Gasteiger partial charge in [-0.25, -0.2) is 0 Å². The zero-order valence-corrected chi connectivity index (χ0v) is 13.9. The maximum absolute atomic E-state index is 6.15. The fraction of sp³-hybridized carbons (Fsp3) is 0.647. The van der Waals surface area contributed by atoms with Crippen molar-refractivity contribution in [3.05, 3.63) is 28.3 Å². The minimum atomic E-state index is 0.801. The second kappa shape index (κ2) is 10.1. The van der Waals surface area contributed by atoms with Gasteiger partial charge in [-0.2, -0.15) is 0 Å². The molecule has 0 fully saturated rings. The van der Waals surface area contributed by atoms with Crippen molar-refractivity contribution in [3.63, 3.8) is 0 Å². The number of aryl methyl sites for hydroxylation is 2. The van der Waals surface area contributed by atoms with E-state index in [1.165, 1.54) is 38.8 Å². The van der Waals surface area contributed by atoms with Crippen LogP contribution in [0.3, 0.4) is 0 Å². The molecule has 1 aromatic carbocycles. The third-order valence-electron chi connectivity index (χ3n) is 3.49. The monoisotopic (exact) mass is 298 g/mol. The number of unbranched alkanes of at least 4 members (excludes halogenated alkanes) is 3. The van der Waals surface area contributed by atoms with Crippen LogP contribution >= 0.6 is 11.6 Å². The van der Waals surface area contributed by atoms with Crippen LogP contribution in [-0.2, 0) is 0 Å². The van der Waals surface area contributed by atoms with Crippen LogP contribution in [-0.4, -0.2) is 19.7 Å². The Morgan fingerprint density at radius 2 is 1.65 bits per heavy atom. The van der Waals surface area contributed by atoms with Gasteiger partial charge >= 0.3 is 0 Å². The first-order chi connectivity index (χ1) is 9.65. The molecule has 2 nitrogen and oxygen atoms in total. The highest BCUT2D eigenvalue weighted by atomic mass is 35.5. The lowest BCUT2D eigenvalue weighted by molar-refractivity contribution is -0.655. The standard InChI is InChI=1S/C17H28ClNO/c1-4-5-9-19-10-7-6-8-11-20-16-12-14(2)17(18)15(3)13-16/h12-13,19H,4-11H2,1-3H3/p+1. The SMILES string of the molecule is CCCC[NH2+]CCCCCOc1cc(C)c(Cl)c(C)c1. The highest BCUT2D eigenvalue weighted by molar-refractivity contribution is 6.32. The topological polar surface area (TPSA) is 25.8 Å². The van der Waals surface area contributed by atoms with Crippen LogP contribution in [0.25, 0.3) is 0 Å². The van der Waals surface area contributed by atoms with Gasteiger partial charge in [0.25, 0.3) is 0 Å². The smallest absolute Gasteiger partial charge is 0.119 e. The number of benzene rings is 1. The molecule has 0 saturated heterocycles. The summed E-state index contributed by atoms with van der Waals surface area (Å²) in [4.78, 5) is 0. The van der Waals surface area contributed by atoms with Crippen LogP contribution in [0.15, 0.2) is 12.1 Å². The van der Waals surface area contributed by atoms with E-state index in [0.29, 0.717) is 0 Å². The Hall–Kier alpha value is -0.730. The fourth-order valence-electron chi connectivity index (χ4n) is 2.24. The van der Waals surface area contributed by atoms with Crippen LogP contribution in [0, 0.1) is 13.8 Å². The van der Waals surface area contributed by atoms with E-state index in [-0.39, 0.29) is 0 Å². The molecule has 0 bridgehead atoms. The van der Waals surface area contributed by atoms with Crippen molar-refractivity contribution in [1.82, 2.24) is 0 Å². The van der Waals surface area contributed by atoms with Crippen molar-refractivity contribution < 1.29 is 10.1 Å². The molecule has 20 heavy (non-hydrogen) atoms. The minimum absolute atomic E-state index is 0.801. The number of hydrogen-bond acceptors (Lipinski definition) is 1. The van der Waals surface area contributed by atoms with Crippen LogP contribution in [0.4, 0.5) is 0 Å². The van der Waals surface area contributed by atoms with Crippen molar-refractivity contribution in [2.45, 2.75) is 52.9 Å². The molecule has 1 aromatic rings. The summed E-state index contributed by atoms with van der Waals surface area (Å²) < 4.78 is 5.80. The van der Waals surface area contributed by atoms with Crippen LogP contribution < -0.4 is 10.1 Å². The predicted molar refractivity (Wildman–Crippen MR) is 86.8 cm³/mol. The molecule has 0 spiro atoms. The van der Waals surface area contributed by atoms with E-state index in [0.717, 1.165) is 34.9 Å². The Morgan fingerprint density at radius 3 is 2.30 bits per heavy atom. The first kappa shape index (κ1) is 17.3. The Balaban J connectivity index is 2.10. The van der Waals surface area contributed by atoms with E-state index in [4.69, 9.17) is 16.3 Å². The van der Waals surface area contributed by atoms with Crippen LogP contribution in [0.5, 0.6) is 5.75 Å².